The van der Waals surface area contributed by atoms with Crippen molar-refractivity contribution in [2.45, 2.75) is 6.92 Å². The van der Waals surface area contributed by atoms with Crippen LogP contribution in [0.25, 0.3) is 16.9 Å². The topological polar surface area (TPSA) is 45.6 Å². The number of nitrogens with zero attached hydrogens (tertiary/aromatic N) is 3. The number of hydrogen-bond donors (Lipinski definition) is 0. The van der Waals surface area contributed by atoms with Crippen molar-refractivity contribution in [3.63, 3.8) is 0 Å². The predicted octanol–water partition coefficient (Wildman–Crippen LogP) is 5.98. The zero-order chi connectivity index (χ0) is 26.1. The van der Waals surface area contributed by atoms with Crippen molar-refractivity contribution in [1.29, 1.82) is 0 Å². The number of halogens is 3. The standard InChI is InChI=1S/C29H24ClF2N3O2/c1-19-26(29(37)34-15-13-33(14-16-34)28(36)21-7-11-23(31)12-8-21)18-27(20-5-9-22(30)10-6-20)35(19)25-4-2-3-24(32)17-25/h2-12,17-18H,13-16H2,1H3. The van der Waals surface area contributed by atoms with E-state index < -0.39 is 5.82 Å². The van der Waals surface area contributed by atoms with Gasteiger partial charge in [-0.15, -0.1) is 0 Å². The summed E-state index contributed by atoms with van der Waals surface area (Å²) in [6.07, 6.45) is 0. The summed E-state index contributed by atoms with van der Waals surface area (Å²) in [6.45, 7) is 3.32. The van der Waals surface area contributed by atoms with E-state index in [0.717, 1.165) is 11.3 Å². The van der Waals surface area contributed by atoms with Crippen LogP contribution in [0.3, 0.4) is 0 Å². The summed E-state index contributed by atoms with van der Waals surface area (Å²) in [5.41, 5.74) is 3.80. The zero-order valence-electron chi connectivity index (χ0n) is 20.1. The predicted molar refractivity (Wildman–Crippen MR) is 139 cm³/mol. The van der Waals surface area contributed by atoms with Gasteiger partial charge in [0.15, 0.2) is 0 Å². The third-order valence-corrected chi connectivity index (χ3v) is 6.88. The average molecular weight is 520 g/mol. The monoisotopic (exact) mass is 519 g/mol. The van der Waals surface area contributed by atoms with Gasteiger partial charge in [0.1, 0.15) is 11.6 Å². The molecule has 0 spiro atoms. The highest BCUT2D eigenvalue weighted by molar-refractivity contribution is 6.30. The maximum Gasteiger partial charge on any atom is 0.255 e. The van der Waals surface area contributed by atoms with Crippen LogP contribution in [0.5, 0.6) is 0 Å². The first-order valence-electron chi connectivity index (χ1n) is 11.9. The zero-order valence-corrected chi connectivity index (χ0v) is 20.9. The lowest BCUT2D eigenvalue weighted by molar-refractivity contribution is 0.0535. The van der Waals surface area contributed by atoms with E-state index >= 15 is 0 Å². The van der Waals surface area contributed by atoms with Crippen molar-refractivity contribution in [3.8, 4) is 16.9 Å². The third kappa shape index (κ3) is 5.00. The first-order valence-corrected chi connectivity index (χ1v) is 12.3. The highest BCUT2D eigenvalue weighted by Crippen LogP contribution is 2.31. The fraction of sp³-hybridized carbons (Fsp3) is 0.172. The fourth-order valence-electron chi connectivity index (χ4n) is 4.66. The van der Waals surface area contributed by atoms with Gasteiger partial charge in [-0.25, -0.2) is 8.78 Å². The van der Waals surface area contributed by atoms with Crippen LogP contribution in [0, 0.1) is 18.6 Å². The van der Waals surface area contributed by atoms with E-state index in [0.29, 0.717) is 53.7 Å². The summed E-state index contributed by atoms with van der Waals surface area (Å²) in [5.74, 6) is -1.12. The molecule has 1 aliphatic heterocycles. The molecule has 1 aromatic heterocycles. The van der Waals surface area contributed by atoms with Gasteiger partial charge in [-0.05, 0) is 73.2 Å². The maximum atomic E-state index is 14.1. The molecule has 0 saturated carbocycles. The van der Waals surface area contributed by atoms with E-state index in [1.54, 1.807) is 34.1 Å². The molecule has 1 aliphatic rings. The summed E-state index contributed by atoms with van der Waals surface area (Å²) in [7, 11) is 0. The van der Waals surface area contributed by atoms with Crippen LogP contribution in [-0.2, 0) is 0 Å². The van der Waals surface area contributed by atoms with Crippen LogP contribution in [-0.4, -0.2) is 52.4 Å². The Morgan fingerprint density at radius 3 is 2.00 bits per heavy atom. The molecule has 0 atom stereocenters. The molecule has 1 saturated heterocycles. The lowest BCUT2D eigenvalue weighted by atomic mass is 10.1. The Hall–Kier alpha value is -3.97. The lowest BCUT2D eigenvalue weighted by Gasteiger charge is -2.34. The van der Waals surface area contributed by atoms with Crippen LogP contribution in [0.15, 0.2) is 78.9 Å². The molecule has 0 radical (unpaired) electrons. The maximum absolute atomic E-state index is 14.1. The van der Waals surface area contributed by atoms with Gasteiger partial charge in [-0.3, -0.25) is 9.59 Å². The number of carbonyl (C=O) groups is 2. The minimum atomic E-state index is -0.398. The number of piperazine rings is 1. The molecule has 5 nitrogen and oxygen atoms in total. The van der Waals surface area contributed by atoms with Crippen molar-refractivity contribution >= 4 is 23.4 Å². The van der Waals surface area contributed by atoms with Crippen molar-refractivity contribution in [1.82, 2.24) is 14.4 Å². The lowest BCUT2D eigenvalue weighted by Crippen LogP contribution is -2.50. The smallest absolute Gasteiger partial charge is 0.255 e. The van der Waals surface area contributed by atoms with E-state index in [-0.39, 0.29) is 17.6 Å². The fourth-order valence-corrected chi connectivity index (χ4v) is 4.79. The number of hydrogen-bond acceptors (Lipinski definition) is 2. The van der Waals surface area contributed by atoms with E-state index in [1.807, 2.05) is 29.7 Å². The summed E-state index contributed by atoms with van der Waals surface area (Å²) in [6, 6.07) is 20.8. The Kier molecular flexibility index (Phi) is 6.80. The Balaban J connectivity index is 1.41. The quantitative estimate of drug-likeness (QED) is 0.333. The average Bonchev–Trinajstić information content (AvgIpc) is 3.25. The number of rotatable bonds is 4. The van der Waals surface area contributed by atoms with Crippen LogP contribution >= 0.6 is 11.6 Å². The second-order valence-electron chi connectivity index (χ2n) is 8.94. The Morgan fingerprint density at radius 1 is 0.757 bits per heavy atom. The number of benzene rings is 3. The molecule has 37 heavy (non-hydrogen) atoms. The number of aromatic nitrogens is 1. The van der Waals surface area contributed by atoms with Crippen molar-refractivity contribution in [3.05, 3.63) is 112 Å². The second-order valence-corrected chi connectivity index (χ2v) is 9.38. The van der Waals surface area contributed by atoms with Crippen LogP contribution in [0.2, 0.25) is 5.02 Å². The Bertz CT molecular complexity index is 1460. The molecule has 2 amide bonds. The molecular weight excluding hydrogens is 496 g/mol. The largest absolute Gasteiger partial charge is 0.335 e. The van der Waals surface area contributed by atoms with E-state index in [1.165, 1.54) is 36.4 Å². The minimum absolute atomic E-state index is 0.156. The third-order valence-electron chi connectivity index (χ3n) is 6.63. The van der Waals surface area contributed by atoms with Gasteiger partial charge in [-0.2, -0.15) is 0 Å². The summed E-state index contributed by atoms with van der Waals surface area (Å²) < 4.78 is 29.2. The first-order chi connectivity index (χ1) is 17.8. The van der Waals surface area contributed by atoms with E-state index in [4.69, 9.17) is 11.6 Å². The molecule has 0 aliphatic carbocycles. The van der Waals surface area contributed by atoms with E-state index in [2.05, 4.69) is 0 Å². The molecule has 8 heteroatoms. The first kappa shape index (κ1) is 24.7. The highest BCUT2D eigenvalue weighted by atomic mass is 35.5. The molecule has 3 aromatic carbocycles. The molecule has 0 N–H and O–H groups in total. The van der Waals surface area contributed by atoms with Gasteiger partial charge < -0.3 is 14.4 Å². The molecule has 2 heterocycles. The van der Waals surface area contributed by atoms with Crippen molar-refractivity contribution in [2.75, 3.05) is 26.2 Å². The van der Waals surface area contributed by atoms with Gasteiger partial charge >= 0.3 is 0 Å². The highest BCUT2D eigenvalue weighted by Gasteiger charge is 2.28. The van der Waals surface area contributed by atoms with Gasteiger partial charge in [0, 0.05) is 48.1 Å². The normalized spacial score (nSPS) is 13.6. The van der Waals surface area contributed by atoms with Crippen molar-refractivity contribution in [2.24, 2.45) is 0 Å². The molecule has 0 unspecified atom stereocenters. The number of amides is 2. The van der Waals surface area contributed by atoms with Crippen LogP contribution in [0.4, 0.5) is 8.78 Å². The summed E-state index contributed by atoms with van der Waals surface area (Å²) >= 11 is 6.08. The minimum Gasteiger partial charge on any atom is -0.335 e. The Morgan fingerprint density at radius 2 is 1.38 bits per heavy atom. The summed E-state index contributed by atoms with van der Waals surface area (Å²) in [5, 5.41) is 0.591. The van der Waals surface area contributed by atoms with Gasteiger partial charge in [0.2, 0.25) is 0 Å². The molecule has 1 fully saturated rings. The molecular formula is C29H24ClF2N3O2. The van der Waals surface area contributed by atoms with Crippen LogP contribution < -0.4 is 0 Å². The van der Waals surface area contributed by atoms with Gasteiger partial charge in [0.25, 0.3) is 11.8 Å². The van der Waals surface area contributed by atoms with Crippen molar-refractivity contribution < 1.29 is 18.4 Å². The van der Waals surface area contributed by atoms with E-state index in [9.17, 15) is 18.4 Å². The second kappa shape index (κ2) is 10.2. The summed E-state index contributed by atoms with van der Waals surface area (Å²) in [4.78, 5) is 29.8. The SMILES string of the molecule is Cc1c(C(=O)N2CCN(C(=O)c3ccc(F)cc3)CC2)cc(-c2ccc(Cl)cc2)n1-c1cccc(F)c1. The van der Waals surface area contributed by atoms with Gasteiger partial charge in [0.05, 0.1) is 11.3 Å². The number of carbonyl (C=O) groups excluding carboxylic acids is 2. The molecule has 5 rings (SSSR count). The Labute approximate surface area is 218 Å². The van der Waals surface area contributed by atoms with Gasteiger partial charge in [-0.1, -0.05) is 29.8 Å². The van der Waals surface area contributed by atoms with Crippen LogP contribution in [0.1, 0.15) is 26.4 Å². The molecule has 188 valence electrons. The molecule has 0 bridgehead atoms. The molecule has 4 aromatic rings.